The molecular formula is C17H16BrN3O5. The van der Waals surface area contributed by atoms with Gasteiger partial charge in [-0.05, 0) is 40.2 Å². The predicted octanol–water partition coefficient (Wildman–Crippen LogP) is 2.23. The van der Waals surface area contributed by atoms with Gasteiger partial charge in [-0.25, -0.2) is 4.98 Å². The average molecular weight is 422 g/mol. The monoisotopic (exact) mass is 421 g/mol. The zero-order chi connectivity index (χ0) is 18.7. The van der Waals surface area contributed by atoms with E-state index in [0.717, 1.165) is 0 Å². The third kappa shape index (κ3) is 3.72. The van der Waals surface area contributed by atoms with Crippen molar-refractivity contribution in [1.29, 1.82) is 0 Å². The van der Waals surface area contributed by atoms with Crippen molar-refractivity contribution in [3.63, 3.8) is 0 Å². The number of amides is 2. The molecule has 0 saturated heterocycles. The minimum Gasteiger partial charge on any atom is -0.497 e. The predicted molar refractivity (Wildman–Crippen MR) is 98.0 cm³/mol. The molecule has 0 atom stereocenters. The summed E-state index contributed by atoms with van der Waals surface area (Å²) < 4.78 is 16.3. The van der Waals surface area contributed by atoms with Crippen LogP contribution < -0.4 is 24.4 Å². The molecule has 8 nitrogen and oxygen atoms in total. The molecule has 0 spiro atoms. The maximum absolute atomic E-state index is 12.5. The van der Waals surface area contributed by atoms with Crippen LogP contribution in [0.15, 0.2) is 34.9 Å². The number of aromatic nitrogens is 1. The molecule has 0 bridgehead atoms. The fourth-order valence-electron chi connectivity index (χ4n) is 2.45. The lowest BCUT2D eigenvalue weighted by molar-refractivity contribution is -0.123. The summed E-state index contributed by atoms with van der Waals surface area (Å²) in [5.41, 5.74) is 0.474. The number of benzene rings is 1. The number of nitrogens with zero attached hydrogens (tertiary/aromatic N) is 2. The molecule has 1 N–H and O–H groups in total. The third-order valence-electron chi connectivity index (χ3n) is 3.70. The number of carbonyl (C=O) groups is 2. The van der Waals surface area contributed by atoms with Gasteiger partial charge < -0.3 is 19.5 Å². The average Bonchev–Trinajstić information content (AvgIpc) is 2.64. The quantitative estimate of drug-likeness (QED) is 0.744. The van der Waals surface area contributed by atoms with Crippen LogP contribution in [0.1, 0.15) is 0 Å². The Kier molecular flexibility index (Phi) is 5.27. The number of ether oxygens (including phenoxy) is 3. The van der Waals surface area contributed by atoms with Crippen molar-refractivity contribution < 1.29 is 23.8 Å². The second kappa shape index (κ2) is 7.61. The minimum absolute atomic E-state index is 0.143. The molecule has 0 saturated carbocycles. The number of halogens is 1. The molecule has 1 aliphatic rings. The maximum Gasteiger partial charge on any atom is 0.266 e. The Hall–Kier alpha value is -2.81. The Morgan fingerprint density at radius 3 is 2.85 bits per heavy atom. The molecule has 3 rings (SSSR count). The molecule has 136 valence electrons. The first-order valence-corrected chi connectivity index (χ1v) is 8.42. The van der Waals surface area contributed by atoms with E-state index in [1.54, 1.807) is 37.4 Å². The van der Waals surface area contributed by atoms with Crippen LogP contribution in [0.2, 0.25) is 0 Å². The highest BCUT2D eigenvalue weighted by molar-refractivity contribution is 9.10. The van der Waals surface area contributed by atoms with E-state index in [4.69, 9.17) is 14.2 Å². The molecular weight excluding hydrogens is 406 g/mol. The topological polar surface area (TPSA) is 90.0 Å². The van der Waals surface area contributed by atoms with E-state index in [0.29, 0.717) is 33.4 Å². The van der Waals surface area contributed by atoms with Gasteiger partial charge in [0, 0.05) is 6.07 Å². The fraction of sp³-hybridized carbons (Fsp3) is 0.235. The molecule has 1 aromatic heterocycles. The van der Waals surface area contributed by atoms with Crippen LogP contribution in [0, 0.1) is 0 Å². The van der Waals surface area contributed by atoms with E-state index in [1.165, 1.54) is 12.0 Å². The van der Waals surface area contributed by atoms with E-state index in [2.05, 4.69) is 26.2 Å². The van der Waals surface area contributed by atoms with Crippen molar-refractivity contribution in [2.45, 2.75) is 0 Å². The molecule has 2 aromatic rings. The zero-order valence-corrected chi connectivity index (χ0v) is 15.7. The van der Waals surface area contributed by atoms with Gasteiger partial charge in [-0.3, -0.25) is 14.5 Å². The van der Waals surface area contributed by atoms with Gasteiger partial charge >= 0.3 is 0 Å². The van der Waals surface area contributed by atoms with Crippen molar-refractivity contribution in [2.75, 3.05) is 37.6 Å². The van der Waals surface area contributed by atoms with Crippen LogP contribution >= 0.6 is 15.9 Å². The van der Waals surface area contributed by atoms with E-state index >= 15 is 0 Å². The number of carbonyl (C=O) groups excluding carboxylic acids is 2. The van der Waals surface area contributed by atoms with Crippen LogP contribution in [0.3, 0.4) is 0 Å². The van der Waals surface area contributed by atoms with Crippen molar-refractivity contribution in [1.82, 2.24) is 4.98 Å². The van der Waals surface area contributed by atoms with E-state index in [1.807, 2.05) is 0 Å². The van der Waals surface area contributed by atoms with Gasteiger partial charge in [0.05, 0.1) is 19.9 Å². The van der Waals surface area contributed by atoms with Crippen LogP contribution in [-0.4, -0.2) is 44.2 Å². The third-order valence-corrected chi connectivity index (χ3v) is 4.14. The lowest BCUT2D eigenvalue weighted by Crippen LogP contribution is -2.44. The van der Waals surface area contributed by atoms with Gasteiger partial charge in [0.2, 0.25) is 5.91 Å². The standard InChI is InChI=1S/C17H16BrN3O5/c1-24-10-3-4-11(13(7-10)25-2)19-15(22)8-21-16(23)9-26-12-5-6-14(18)20-17(12)21/h3-7H,8-9H2,1-2H3,(H,19,22). The van der Waals surface area contributed by atoms with Gasteiger partial charge in [0.15, 0.2) is 18.2 Å². The summed E-state index contributed by atoms with van der Waals surface area (Å²) in [6.45, 7) is -0.344. The van der Waals surface area contributed by atoms with Crippen LogP contribution in [-0.2, 0) is 9.59 Å². The SMILES string of the molecule is COc1ccc(NC(=O)CN2C(=O)COc3ccc(Br)nc32)c(OC)c1. The van der Waals surface area contributed by atoms with Gasteiger partial charge in [-0.1, -0.05) is 0 Å². The fourth-order valence-corrected chi connectivity index (χ4v) is 2.75. The summed E-state index contributed by atoms with van der Waals surface area (Å²) in [4.78, 5) is 30.2. The molecule has 0 fully saturated rings. The van der Waals surface area contributed by atoms with Crippen molar-refractivity contribution in [3.05, 3.63) is 34.9 Å². The number of pyridine rings is 1. The van der Waals surface area contributed by atoms with E-state index in [9.17, 15) is 9.59 Å². The lowest BCUT2D eigenvalue weighted by atomic mass is 10.2. The first-order chi connectivity index (χ1) is 12.5. The maximum atomic E-state index is 12.5. The Bertz CT molecular complexity index is 858. The highest BCUT2D eigenvalue weighted by Gasteiger charge is 2.29. The largest absolute Gasteiger partial charge is 0.497 e. The molecule has 26 heavy (non-hydrogen) atoms. The summed E-state index contributed by atoms with van der Waals surface area (Å²) in [6.07, 6.45) is 0. The number of rotatable bonds is 5. The Labute approximate surface area is 158 Å². The Morgan fingerprint density at radius 1 is 1.31 bits per heavy atom. The number of nitrogens with one attached hydrogen (secondary N) is 1. The highest BCUT2D eigenvalue weighted by Crippen LogP contribution is 2.32. The number of hydrogen-bond donors (Lipinski definition) is 1. The molecule has 0 aliphatic carbocycles. The normalized spacial score (nSPS) is 12.9. The van der Waals surface area contributed by atoms with Crippen LogP contribution in [0.25, 0.3) is 0 Å². The molecule has 0 radical (unpaired) electrons. The van der Waals surface area contributed by atoms with Crippen molar-refractivity contribution in [2.24, 2.45) is 0 Å². The molecule has 0 unspecified atom stereocenters. The summed E-state index contributed by atoms with van der Waals surface area (Å²) in [5, 5.41) is 2.73. The summed E-state index contributed by atoms with van der Waals surface area (Å²) in [6, 6.07) is 8.42. The summed E-state index contributed by atoms with van der Waals surface area (Å²) in [5.74, 6) is 1.06. The van der Waals surface area contributed by atoms with Gasteiger partial charge in [0.1, 0.15) is 22.6 Å². The molecule has 1 aromatic carbocycles. The van der Waals surface area contributed by atoms with E-state index < -0.39 is 5.91 Å². The van der Waals surface area contributed by atoms with Gasteiger partial charge in [0.25, 0.3) is 5.91 Å². The van der Waals surface area contributed by atoms with Gasteiger partial charge in [-0.15, -0.1) is 0 Å². The van der Waals surface area contributed by atoms with Crippen LogP contribution in [0.4, 0.5) is 11.5 Å². The lowest BCUT2D eigenvalue weighted by Gasteiger charge is -2.27. The molecule has 1 aliphatic heterocycles. The second-order valence-electron chi connectivity index (χ2n) is 5.34. The molecule has 2 amide bonds. The van der Waals surface area contributed by atoms with Crippen molar-refractivity contribution >= 4 is 39.2 Å². The number of anilines is 2. The molecule has 9 heteroatoms. The summed E-state index contributed by atoms with van der Waals surface area (Å²) >= 11 is 3.26. The highest BCUT2D eigenvalue weighted by atomic mass is 79.9. The smallest absolute Gasteiger partial charge is 0.266 e. The zero-order valence-electron chi connectivity index (χ0n) is 14.1. The first-order valence-electron chi connectivity index (χ1n) is 7.63. The van der Waals surface area contributed by atoms with Crippen LogP contribution in [0.5, 0.6) is 17.2 Å². The minimum atomic E-state index is -0.392. The number of methoxy groups -OCH3 is 2. The number of hydrogen-bond acceptors (Lipinski definition) is 6. The second-order valence-corrected chi connectivity index (χ2v) is 6.15. The first kappa shape index (κ1) is 18.0. The molecule has 2 heterocycles. The Balaban J connectivity index is 1.79. The van der Waals surface area contributed by atoms with E-state index in [-0.39, 0.29) is 19.1 Å². The number of fused-ring (bicyclic) bond motifs is 1. The van der Waals surface area contributed by atoms with Gasteiger partial charge in [-0.2, -0.15) is 0 Å². The Morgan fingerprint density at radius 2 is 2.12 bits per heavy atom. The van der Waals surface area contributed by atoms with Crippen molar-refractivity contribution in [3.8, 4) is 17.2 Å². The summed E-state index contributed by atoms with van der Waals surface area (Å²) in [7, 11) is 3.03.